The largest absolute Gasteiger partial charge is 0.459 e. The van der Waals surface area contributed by atoms with Crippen LogP contribution in [-0.2, 0) is 9.53 Å². The fourth-order valence-electron chi connectivity index (χ4n) is 2.93. The number of carbonyl (C=O) groups excluding carboxylic acids is 2. The maximum Gasteiger partial charge on any atom is 0.320 e. The number of carbonyl (C=O) groups is 2. The molecule has 0 atom stereocenters. The van der Waals surface area contributed by atoms with E-state index in [0.717, 1.165) is 25.9 Å². The van der Waals surface area contributed by atoms with Gasteiger partial charge in [-0.15, -0.1) is 0 Å². The molecule has 2 rings (SSSR count). The highest BCUT2D eigenvalue weighted by molar-refractivity contribution is 6.33. The topological polar surface area (TPSA) is 118 Å². The lowest BCUT2D eigenvalue weighted by Crippen LogP contribution is -2.42. The summed E-state index contributed by atoms with van der Waals surface area (Å²) in [6, 6.07) is 1.27. The van der Waals surface area contributed by atoms with Crippen molar-refractivity contribution in [3.05, 3.63) is 27.0 Å². The van der Waals surface area contributed by atoms with Crippen LogP contribution >= 0.6 is 11.6 Å². The third-order valence-corrected chi connectivity index (χ3v) is 4.61. The molecular formula is C18H27ClN4O4. The second-order valence-corrected chi connectivity index (χ2v) is 8.20. The van der Waals surface area contributed by atoms with Gasteiger partial charge in [0, 0.05) is 6.54 Å². The molecule has 0 bridgehead atoms. The zero-order chi connectivity index (χ0) is 20.2. The summed E-state index contributed by atoms with van der Waals surface area (Å²) >= 11 is 5.86. The van der Waals surface area contributed by atoms with Crippen molar-refractivity contribution in [2.75, 3.05) is 31.9 Å². The molecule has 150 valence electrons. The van der Waals surface area contributed by atoms with E-state index in [9.17, 15) is 14.4 Å². The number of nitrogens with two attached hydrogens (primary N) is 1. The van der Waals surface area contributed by atoms with Crippen LogP contribution in [-0.4, -0.2) is 53.5 Å². The van der Waals surface area contributed by atoms with Gasteiger partial charge in [0.05, 0.1) is 11.6 Å². The fraction of sp³-hybridized carbons (Fsp3) is 0.611. The van der Waals surface area contributed by atoms with Crippen LogP contribution in [0.15, 0.2) is 10.9 Å². The van der Waals surface area contributed by atoms with E-state index < -0.39 is 17.1 Å². The Labute approximate surface area is 163 Å². The number of pyridine rings is 1. The second-order valence-electron chi connectivity index (χ2n) is 7.79. The SMILES string of the molecule is CC(C)(C)OC(=O)CN1CCC(CNC(=O)c2cc(Cl)c(N)[nH]c2=O)CC1. The summed E-state index contributed by atoms with van der Waals surface area (Å²) in [4.78, 5) is 40.3. The molecule has 8 nitrogen and oxygen atoms in total. The highest BCUT2D eigenvalue weighted by Gasteiger charge is 2.24. The molecule has 0 spiro atoms. The maximum absolute atomic E-state index is 12.2. The van der Waals surface area contributed by atoms with Gasteiger partial charge in [0.25, 0.3) is 11.5 Å². The number of amides is 1. The molecule has 0 aliphatic carbocycles. The molecule has 0 saturated carbocycles. The second kappa shape index (κ2) is 8.75. The van der Waals surface area contributed by atoms with E-state index in [1.807, 2.05) is 20.8 Å². The van der Waals surface area contributed by atoms with Crippen LogP contribution < -0.4 is 16.6 Å². The minimum absolute atomic E-state index is 0.0376. The van der Waals surface area contributed by atoms with Gasteiger partial charge in [-0.25, -0.2) is 0 Å². The first-order valence-corrected chi connectivity index (χ1v) is 9.33. The molecule has 1 fully saturated rings. The molecule has 1 aliphatic heterocycles. The van der Waals surface area contributed by atoms with E-state index in [4.69, 9.17) is 22.1 Å². The van der Waals surface area contributed by atoms with Crippen molar-refractivity contribution in [2.24, 2.45) is 5.92 Å². The molecule has 0 aromatic carbocycles. The van der Waals surface area contributed by atoms with Crippen molar-refractivity contribution in [3.63, 3.8) is 0 Å². The number of esters is 1. The van der Waals surface area contributed by atoms with Crippen molar-refractivity contribution in [2.45, 2.75) is 39.2 Å². The fourth-order valence-corrected chi connectivity index (χ4v) is 3.08. The predicted molar refractivity (Wildman–Crippen MR) is 104 cm³/mol. The van der Waals surface area contributed by atoms with Crippen molar-refractivity contribution < 1.29 is 14.3 Å². The Morgan fingerprint density at radius 2 is 2.00 bits per heavy atom. The summed E-state index contributed by atoms with van der Waals surface area (Å²) in [5.41, 5.74) is 4.39. The summed E-state index contributed by atoms with van der Waals surface area (Å²) in [6.45, 7) is 7.79. The van der Waals surface area contributed by atoms with Gasteiger partial charge in [0.2, 0.25) is 0 Å². The van der Waals surface area contributed by atoms with Gasteiger partial charge in [-0.1, -0.05) is 11.6 Å². The molecule has 9 heteroatoms. The molecule has 0 unspecified atom stereocenters. The van der Waals surface area contributed by atoms with E-state index in [1.165, 1.54) is 6.07 Å². The van der Waals surface area contributed by atoms with Crippen LogP contribution in [0.25, 0.3) is 0 Å². The van der Waals surface area contributed by atoms with Gasteiger partial charge in [0.1, 0.15) is 17.0 Å². The minimum Gasteiger partial charge on any atom is -0.459 e. The van der Waals surface area contributed by atoms with Crippen LogP contribution in [0.3, 0.4) is 0 Å². The molecule has 1 aliphatic rings. The first-order chi connectivity index (χ1) is 12.5. The van der Waals surface area contributed by atoms with Gasteiger partial charge in [-0.05, 0) is 58.7 Å². The highest BCUT2D eigenvalue weighted by Crippen LogP contribution is 2.18. The molecule has 1 amide bonds. The van der Waals surface area contributed by atoms with Crippen molar-refractivity contribution >= 4 is 29.3 Å². The van der Waals surface area contributed by atoms with Crippen LogP contribution in [0.2, 0.25) is 5.02 Å². The lowest BCUT2D eigenvalue weighted by Gasteiger charge is -2.32. The number of ether oxygens (including phenoxy) is 1. The van der Waals surface area contributed by atoms with Gasteiger partial charge in [-0.2, -0.15) is 0 Å². The van der Waals surface area contributed by atoms with Crippen LogP contribution in [0.4, 0.5) is 5.82 Å². The number of rotatable bonds is 5. The summed E-state index contributed by atoms with van der Waals surface area (Å²) in [7, 11) is 0. The third kappa shape index (κ3) is 6.55. The van der Waals surface area contributed by atoms with E-state index in [-0.39, 0.29) is 34.8 Å². The Morgan fingerprint density at radius 1 is 1.37 bits per heavy atom. The standard InChI is InChI=1S/C18H27ClN4O4/c1-18(2,3)27-14(24)10-23-6-4-11(5-7-23)9-21-16(25)12-8-13(19)15(20)22-17(12)26/h8,11H,4-7,9-10H2,1-3H3,(H,21,25)(H3,20,22,26). The lowest BCUT2D eigenvalue weighted by atomic mass is 9.96. The number of piperidine rings is 1. The zero-order valence-corrected chi connectivity index (χ0v) is 16.7. The number of anilines is 1. The van der Waals surface area contributed by atoms with E-state index in [0.29, 0.717) is 6.54 Å². The van der Waals surface area contributed by atoms with Gasteiger partial charge < -0.3 is 20.8 Å². The smallest absolute Gasteiger partial charge is 0.320 e. The number of H-pyrrole nitrogens is 1. The number of nitrogen functional groups attached to an aromatic ring is 1. The van der Waals surface area contributed by atoms with Crippen molar-refractivity contribution in [1.82, 2.24) is 15.2 Å². The highest BCUT2D eigenvalue weighted by atomic mass is 35.5. The number of nitrogens with one attached hydrogen (secondary N) is 2. The average molecular weight is 399 g/mol. The van der Waals surface area contributed by atoms with Gasteiger partial charge in [0.15, 0.2) is 0 Å². The Hall–Kier alpha value is -2.06. The number of hydrogen-bond acceptors (Lipinski definition) is 6. The number of halogens is 1. The number of nitrogens with zero attached hydrogens (tertiary/aromatic N) is 1. The summed E-state index contributed by atoms with van der Waals surface area (Å²) in [5.74, 6) is -0.384. The number of aromatic nitrogens is 1. The van der Waals surface area contributed by atoms with E-state index in [2.05, 4.69) is 15.2 Å². The molecule has 1 aromatic rings. The summed E-state index contributed by atoms with van der Waals surface area (Å²) in [5, 5.41) is 2.91. The normalized spacial score (nSPS) is 16.1. The van der Waals surface area contributed by atoms with Gasteiger partial charge >= 0.3 is 5.97 Å². The quantitative estimate of drug-likeness (QED) is 0.645. The van der Waals surface area contributed by atoms with E-state index in [1.54, 1.807) is 0 Å². The number of aromatic amines is 1. The Balaban J connectivity index is 1.78. The minimum atomic E-state index is -0.568. The van der Waals surface area contributed by atoms with Crippen molar-refractivity contribution in [3.8, 4) is 0 Å². The zero-order valence-electron chi connectivity index (χ0n) is 15.9. The Bertz CT molecular complexity index is 749. The molecule has 4 N–H and O–H groups in total. The van der Waals surface area contributed by atoms with Crippen LogP contribution in [0.5, 0.6) is 0 Å². The lowest BCUT2D eigenvalue weighted by molar-refractivity contribution is -0.156. The molecule has 2 heterocycles. The number of likely N-dealkylation sites (tertiary alicyclic amines) is 1. The maximum atomic E-state index is 12.2. The first-order valence-electron chi connectivity index (χ1n) is 8.96. The predicted octanol–water partition coefficient (Wildman–Crippen LogP) is 1.39. The summed E-state index contributed by atoms with van der Waals surface area (Å²) < 4.78 is 5.33. The van der Waals surface area contributed by atoms with E-state index >= 15 is 0 Å². The third-order valence-electron chi connectivity index (χ3n) is 4.30. The molecule has 1 aromatic heterocycles. The number of hydrogen-bond donors (Lipinski definition) is 3. The Morgan fingerprint density at radius 3 is 2.59 bits per heavy atom. The van der Waals surface area contributed by atoms with Crippen molar-refractivity contribution in [1.29, 1.82) is 0 Å². The van der Waals surface area contributed by atoms with Gasteiger partial charge in [-0.3, -0.25) is 19.3 Å². The van der Waals surface area contributed by atoms with Crippen LogP contribution in [0.1, 0.15) is 44.0 Å². The monoisotopic (exact) mass is 398 g/mol. The molecular weight excluding hydrogens is 372 g/mol. The molecule has 0 radical (unpaired) electrons. The first kappa shape index (κ1) is 21.2. The molecule has 27 heavy (non-hydrogen) atoms. The summed E-state index contributed by atoms with van der Waals surface area (Å²) in [6.07, 6.45) is 1.70. The molecule has 1 saturated heterocycles. The average Bonchev–Trinajstić information content (AvgIpc) is 2.55. The van der Waals surface area contributed by atoms with Crippen LogP contribution in [0, 0.1) is 5.92 Å². The Kier molecular flexibility index (Phi) is 6.89.